The minimum absolute atomic E-state index is 0.297. The lowest BCUT2D eigenvalue weighted by atomic mass is 10.2. The molecule has 22 heavy (non-hydrogen) atoms. The van der Waals surface area contributed by atoms with Gasteiger partial charge in [-0.05, 0) is 17.0 Å². The van der Waals surface area contributed by atoms with Gasteiger partial charge in [-0.2, -0.15) is 0 Å². The van der Waals surface area contributed by atoms with Crippen molar-refractivity contribution in [2.45, 2.75) is 13.1 Å². The quantitative estimate of drug-likeness (QED) is 0.755. The van der Waals surface area contributed by atoms with Gasteiger partial charge in [0.1, 0.15) is 11.2 Å². The average molecular weight is 315 g/mol. The van der Waals surface area contributed by atoms with Gasteiger partial charge in [-0.15, -0.1) is 11.3 Å². The number of carbonyl (C=O) groups is 1. The molecule has 1 amide bonds. The first-order valence-electron chi connectivity index (χ1n) is 6.66. The first kappa shape index (κ1) is 14.3. The molecule has 0 aliphatic carbocycles. The number of H-pyrrole nitrogens is 1. The number of rotatable bonds is 4. The van der Waals surface area contributed by atoms with Gasteiger partial charge in [0.15, 0.2) is 0 Å². The zero-order valence-electron chi connectivity index (χ0n) is 11.5. The normalized spacial score (nSPS) is 10.7. The predicted octanol–water partition coefficient (Wildman–Crippen LogP) is 1.07. The Morgan fingerprint density at radius 3 is 2.73 bits per heavy atom. The van der Waals surface area contributed by atoms with Gasteiger partial charge in [0, 0.05) is 6.54 Å². The number of carbonyl (C=O) groups excluding carboxylic acids is 1. The van der Waals surface area contributed by atoms with Crippen LogP contribution in [0.25, 0.3) is 10.2 Å². The molecule has 0 unspecified atom stereocenters. The Bertz CT molecular complexity index is 924. The summed E-state index contributed by atoms with van der Waals surface area (Å²) in [5.74, 6) is -0.382. The van der Waals surface area contributed by atoms with Crippen LogP contribution in [0.1, 0.15) is 5.56 Å². The fourth-order valence-corrected chi connectivity index (χ4v) is 2.91. The van der Waals surface area contributed by atoms with Crippen LogP contribution in [0.5, 0.6) is 0 Å². The highest BCUT2D eigenvalue weighted by atomic mass is 32.1. The van der Waals surface area contributed by atoms with Crippen molar-refractivity contribution in [2.75, 3.05) is 0 Å². The highest BCUT2D eigenvalue weighted by Crippen LogP contribution is 2.11. The Kier molecular flexibility index (Phi) is 3.88. The van der Waals surface area contributed by atoms with E-state index in [1.165, 1.54) is 11.3 Å². The van der Waals surface area contributed by atoms with E-state index in [1.807, 2.05) is 30.3 Å². The maximum atomic E-state index is 12.2. The zero-order valence-corrected chi connectivity index (χ0v) is 12.4. The van der Waals surface area contributed by atoms with E-state index < -0.39 is 11.2 Å². The Morgan fingerprint density at radius 1 is 1.18 bits per heavy atom. The third kappa shape index (κ3) is 2.84. The van der Waals surface area contributed by atoms with E-state index >= 15 is 0 Å². The van der Waals surface area contributed by atoms with Crippen molar-refractivity contribution in [3.8, 4) is 0 Å². The molecule has 3 rings (SSSR count). The Morgan fingerprint density at radius 2 is 1.95 bits per heavy atom. The number of hydrogen-bond acceptors (Lipinski definition) is 4. The summed E-state index contributed by atoms with van der Waals surface area (Å²) in [5, 5.41) is 4.42. The van der Waals surface area contributed by atoms with Gasteiger partial charge in [-0.1, -0.05) is 30.3 Å². The van der Waals surface area contributed by atoms with Gasteiger partial charge in [0.05, 0.1) is 5.52 Å². The van der Waals surface area contributed by atoms with Gasteiger partial charge >= 0.3 is 5.69 Å². The Balaban J connectivity index is 1.77. The highest BCUT2D eigenvalue weighted by molar-refractivity contribution is 7.17. The molecule has 1 aromatic carbocycles. The van der Waals surface area contributed by atoms with Gasteiger partial charge < -0.3 is 10.3 Å². The van der Waals surface area contributed by atoms with Crippen molar-refractivity contribution in [3.05, 3.63) is 68.2 Å². The number of nitrogens with zero attached hydrogens (tertiary/aromatic N) is 1. The number of aromatic amines is 1. The van der Waals surface area contributed by atoms with Crippen LogP contribution in [0, 0.1) is 0 Å². The van der Waals surface area contributed by atoms with Crippen molar-refractivity contribution >= 4 is 27.5 Å². The van der Waals surface area contributed by atoms with E-state index in [2.05, 4.69) is 10.3 Å². The number of hydrogen-bond donors (Lipinski definition) is 2. The standard InChI is InChI=1S/C15H13N3O3S/c19-12(16-8-10-4-2-1-3-5-10)9-18-14(20)13-11(6-7-22-13)17-15(18)21/h1-7H,8-9H2,(H,16,19)(H,17,21). The molecule has 7 heteroatoms. The van der Waals surface area contributed by atoms with Crippen LogP contribution in [0.4, 0.5) is 0 Å². The largest absolute Gasteiger partial charge is 0.350 e. The summed E-state index contributed by atoms with van der Waals surface area (Å²) in [7, 11) is 0. The molecule has 0 atom stereocenters. The van der Waals surface area contributed by atoms with Gasteiger partial charge in [-0.25, -0.2) is 9.36 Å². The van der Waals surface area contributed by atoms with Crippen LogP contribution in [0.3, 0.4) is 0 Å². The number of thiophene rings is 1. The SMILES string of the molecule is O=C(Cn1c(=O)[nH]c2ccsc2c1=O)NCc1ccccc1. The van der Waals surface area contributed by atoms with Crippen molar-refractivity contribution in [1.29, 1.82) is 0 Å². The Hall–Kier alpha value is -2.67. The van der Waals surface area contributed by atoms with Crippen LogP contribution >= 0.6 is 11.3 Å². The second-order valence-electron chi connectivity index (χ2n) is 4.75. The van der Waals surface area contributed by atoms with E-state index in [0.29, 0.717) is 16.8 Å². The lowest BCUT2D eigenvalue weighted by molar-refractivity contribution is -0.121. The van der Waals surface area contributed by atoms with Gasteiger partial charge in [-0.3, -0.25) is 9.59 Å². The molecule has 2 aromatic heterocycles. The van der Waals surface area contributed by atoms with E-state index in [9.17, 15) is 14.4 Å². The molecule has 0 aliphatic heterocycles. The minimum atomic E-state index is -0.578. The number of amides is 1. The van der Waals surface area contributed by atoms with Gasteiger partial charge in [0.25, 0.3) is 5.56 Å². The summed E-state index contributed by atoms with van der Waals surface area (Å²) in [6, 6.07) is 11.1. The molecule has 0 saturated carbocycles. The lowest BCUT2D eigenvalue weighted by Crippen LogP contribution is -2.40. The first-order chi connectivity index (χ1) is 10.6. The topological polar surface area (TPSA) is 84.0 Å². The van der Waals surface area contributed by atoms with Crippen LogP contribution in [0.15, 0.2) is 51.4 Å². The molecular formula is C15H13N3O3S. The van der Waals surface area contributed by atoms with Crippen molar-refractivity contribution in [3.63, 3.8) is 0 Å². The molecule has 3 aromatic rings. The third-order valence-corrected chi connectivity index (χ3v) is 4.13. The second-order valence-corrected chi connectivity index (χ2v) is 5.66. The van der Waals surface area contributed by atoms with Crippen LogP contribution in [0.2, 0.25) is 0 Å². The summed E-state index contributed by atoms with van der Waals surface area (Å²) < 4.78 is 1.36. The maximum Gasteiger partial charge on any atom is 0.329 e. The lowest BCUT2D eigenvalue weighted by Gasteiger charge is -2.07. The number of aromatic nitrogens is 2. The Labute approximate surface area is 129 Å². The predicted molar refractivity (Wildman–Crippen MR) is 85.0 cm³/mol. The monoisotopic (exact) mass is 315 g/mol. The van der Waals surface area contributed by atoms with Crippen molar-refractivity contribution in [2.24, 2.45) is 0 Å². The summed E-state index contributed by atoms with van der Waals surface area (Å²) in [5.41, 5.74) is 0.432. The molecule has 0 fully saturated rings. The third-order valence-electron chi connectivity index (χ3n) is 3.23. The fourth-order valence-electron chi connectivity index (χ4n) is 2.11. The minimum Gasteiger partial charge on any atom is -0.350 e. The zero-order chi connectivity index (χ0) is 15.5. The van der Waals surface area contributed by atoms with Crippen LogP contribution < -0.4 is 16.6 Å². The van der Waals surface area contributed by atoms with E-state index in [0.717, 1.165) is 10.1 Å². The molecule has 2 heterocycles. The molecule has 2 N–H and O–H groups in total. The highest BCUT2D eigenvalue weighted by Gasteiger charge is 2.11. The number of benzene rings is 1. The molecule has 0 radical (unpaired) electrons. The summed E-state index contributed by atoms with van der Waals surface area (Å²) >= 11 is 1.24. The van der Waals surface area contributed by atoms with Gasteiger partial charge in [0.2, 0.25) is 5.91 Å². The average Bonchev–Trinajstić information content (AvgIpc) is 2.99. The van der Waals surface area contributed by atoms with E-state index in [1.54, 1.807) is 11.4 Å². The molecule has 0 saturated heterocycles. The molecule has 6 nitrogen and oxygen atoms in total. The summed E-state index contributed by atoms with van der Waals surface area (Å²) in [6.07, 6.45) is 0. The number of nitrogens with one attached hydrogen (secondary N) is 2. The molecule has 0 aliphatic rings. The van der Waals surface area contributed by atoms with E-state index in [4.69, 9.17) is 0 Å². The molecule has 0 spiro atoms. The van der Waals surface area contributed by atoms with Crippen molar-refractivity contribution in [1.82, 2.24) is 14.9 Å². The number of fused-ring (bicyclic) bond motifs is 1. The molecule has 0 bridgehead atoms. The van der Waals surface area contributed by atoms with Crippen LogP contribution in [-0.4, -0.2) is 15.5 Å². The van der Waals surface area contributed by atoms with Crippen molar-refractivity contribution < 1.29 is 4.79 Å². The molecule has 112 valence electrons. The van der Waals surface area contributed by atoms with Crippen LogP contribution in [-0.2, 0) is 17.9 Å². The second kappa shape index (κ2) is 5.98. The molecular weight excluding hydrogens is 302 g/mol. The fraction of sp³-hybridized carbons (Fsp3) is 0.133. The maximum absolute atomic E-state index is 12.2. The smallest absolute Gasteiger partial charge is 0.329 e. The summed E-state index contributed by atoms with van der Waals surface area (Å²) in [4.78, 5) is 38.6. The first-order valence-corrected chi connectivity index (χ1v) is 7.54. The van der Waals surface area contributed by atoms with E-state index in [-0.39, 0.29) is 12.5 Å². The summed E-state index contributed by atoms with van der Waals surface area (Å²) in [6.45, 7) is 0.0580.